The number of carbonyl (C=O) groups is 1. The van der Waals surface area contributed by atoms with Crippen LogP contribution in [0.1, 0.15) is 63.8 Å². The highest BCUT2D eigenvalue weighted by atomic mass is 16.6. The summed E-state index contributed by atoms with van der Waals surface area (Å²) in [7, 11) is 0. The molecule has 1 aliphatic heterocycles. The summed E-state index contributed by atoms with van der Waals surface area (Å²) in [6.07, 6.45) is 1.72. The van der Waals surface area contributed by atoms with Gasteiger partial charge in [-0.1, -0.05) is 44.2 Å². The van der Waals surface area contributed by atoms with Gasteiger partial charge in [0.25, 0.3) is 0 Å². The number of ether oxygens (including phenoxy) is 2. The zero-order valence-corrected chi connectivity index (χ0v) is 16.2. The summed E-state index contributed by atoms with van der Waals surface area (Å²) in [5.41, 5.74) is 0.355. The average Bonchev–Trinajstić information content (AvgIpc) is 3.16. The predicted molar refractivity (Wildman–Crippen MR) is 96.8 cm³/mol. The Labute approximate surface area is 164 Å². The van der Waals surface area contributed by atoms with E-state index in [2.05, 4.69) is 17.2 Å². The molecule has 2 heterocycles. The summed E-state index contributed by atoms with van der Waals surface area (Å²) in [6, 6.07) is 0. The SMILES string of the molecule is CCCCCCCCC(=O)OCc1cn([C@@H]2O[C@H](CO)[C@@H](O)[C@H](O)[C@H]2O)nn1. The van der Waals surface area contributed by atoms with E-state index in [1.54, 1.807) is 0 Å². The van der Waals surface area contributed by atoms with Crippen LogP contribution in [0.4, 0.5) is 0 Å². The molecule has 1 saturated heterocycles. The van der Waals surface area contributed by atoms with Gasteiger partial charge in [0, 0.05) is 6.42 Å². The highest BCUT2D eigenvalue weighted by Gasteiger charge is 2.44. The molecular formula is C18H31N3O7. The molecule has 0 aromatic carbocycles. The predicted octanol–water partition coefficient (Wildman–Crippen LogP) is 0.0443. The van der Waals surface area contributed by atoms with E-state index in [0.717, 1.165) is 19.3 Å². The number of esters is 1. The first kappa shape index (κ1) is 22.7. The molecule has 28 heavy (non-hydrogen) atoms. The Bertz CT molecular complexity index is 595. The van der Waals surface area contributed by atoms with Gasteiger partial charge in [0.15, 0.2) is 6.23 Å². The Kier molecular flexibility index (Phi) is 9.26. The van der Waals surface area contributed by atoms with Crippen molar-refractivity contribution in [1.29, 1.82) is 0 Å². The van der Waals surface area contributed by atoms with Crippen LogP contribution in [0.5, 0.6) is 0 Å². The summed E-state index contributed by atoms with van der Waals surface area (Å²) in [4.78, 5) is 11.8. The van der Waals surface area contributed by atoms with Crippen LogP contribution in [0, 0.1) is 0 Å². The van der Waals surface area contributed by atoms with Crippen molar-refractivity contribution in [2.45, 2.75) is 89.1 Å². The van der Waals surface area contributed by atoms with Crippen LogP contribution in [0.15, 0.2) is 6.20 Å². The number of hydrogen-bond acceptors (Lipinski definition) is 9. The number of carbonyl (C=O) groups excluding carboxylic acids is 1. The van der Waals surface area contributed by atoms with Gasteiger partial charge in [0.05, 0.1) is 12.8 Å². The fourth-order valence-corrected chi connectivity index (χ4v) is 3.08. The van der Waals surface area contributed by atoms with Gasteiger partial charge < -0.3 is 29.9 Å². The summed E-state index contributed by atoms with van der Waals surface area (Å²) >= 11 is 0. The molecule has 1 aromatic rings. The normalized spacial score (nSPS) is 27.7. The second-order valence-corrected chi connectivity index (χ2v) is 7.09. The molecule has 2 rings (SSSR count). The van der Waals surface area contributed by atoms with Crippen molar-refractivity contribution in [3.63, 3.8) is 0 Å². The van der Waals surface area contributed by atoms with Gasteiger partial charge in [-0.05, 0) is 6.42 Å². The molecule has 0 radical (unpaired) electrons. The Morgan fingerprint density at radius 2 is 1.86 bits per heavy atom. The van der Waals surface area contributed by atoms with Crippen molar-refractivity contribution < 1.29 is 34.7 Å². The summed E-state index contributed by atoms with van der Waals surface area (Å²) in [5, 5.41) is 46.6. The van der Waals surface area contributed by atoms with Gasteiger partial charge in [-0.25, -0.2) is 4.68 Å². The van der Waals surface area contributed by atoms with Gasteiger partial charge in [0.1, 0.15) is 36.7 Å². The van der Waals surface area contributed by atoms with Crippen LogP contribution in [0.3, 0.4) is 0 Å². The van der Waals surface area contributed by atoms with Gasteiger partial charge >= 0.3 is 5.97 Å². The maximum Gasteiger partial charge on any atom is 0.306 e. The number of aliphatic hydroxyl groups excluding tert-OH is 4. The minimum absolute atomic E-state index is 0.0634. The quantitative estimate of drug-likeness (QED) is 0.298. The third-order valence-corrected chi connectivity index (χ3v) is 4.80. The number of unbranched alkanes of at least 4 members (excludes halogenated alkanes) is 5. The summed E-state index contributed by atoms with van der Waals surface area (Å²) in [5.74, 6) is -0.308. The molecule has 10 heteroatoms. The van der Waals surface area contributed by atoms with E-state index in [1.807, 2.05) is 0 Å². The smallest absolute Gasteiger partial charge is 0.306 e. The Morgan fingerprint density at radius 3 is 2.57 bits per heavy atom. The Morgan fingerprint density at radius 1 is 1.14 bits per heavy atom. The number of rotatable bonds is 11. The van der Waals surface area contributed by atoms with Gasteiger partial charge in [0.2, 0.25) is 0 Å². The molecule has 0 bridgehead atoms. The van der Waals surface area contributed by atoms with E-state index in [0.29, 0.717) is 12.1 Å². The van der Waals surface area contributed by atoms with Crippen LogP contribution in [-0.2, 0) is 20.9 Å². The lowest BCUT2D eigenvalue weighted by Gasteiger charge is -2.39. The Hall–Kier alpha value is -1.59. The van der Waals surface area contributed by atoms with Crippen molar-refractivity contribution >= 4 is 5.97 Å². The molecule has 1 aromatic heterocycles. The molecule has 5 atom stereocenters. The molecule has 160 valence electrons. The largest absolute Gasteiger partial charge is 0.459 e. The molecule has 0 unspecified atom stereocenters. The molecule has 0 aliphatic carbocycles. The van der Waals surface area contributed by atoms with E-state index in [4.69, 9.17) is 9.47 Å². The van der Waals surface area contributed by atoms with Crippen molar-refractivity contribution in [1.82, 2.24) is 15.0 Å². The zero-order valence-electron chi connectivity index (χ0n) is 16.2. The second kappa shape index (κ2) is 11.4. The fourth-order valence-electron chi connectivity index (χ4n) is 3.08. The molecule has 4 N–H and O–H groups in total. The molecular weight excluding hydrogens is 370 g/mol. The van der Waals surface area contributed by atoms with Crippen LogP contribution in [0.25, 0.3) is 0 Å². The standard InChI is InChI=1S/C18H31N3O7/c1-2-3-4-5-6-7-8-14(23)27-11-12-9-21(20-19-12)18-17(26)16(25)15(24)13(10-22)28-18/h9,13,15-18,22,24-26H,2-8,10-11H2,1H3/t13-,15-,16+,17-,18-/m1/s1. The van der Waals surface area contributed by atoms with Crippen molar-refractivity contribution in [2.75, 3.05) is 6.61 Å². The lowest BCUT2D eigenvalue weighted by molar-refractivity contribution is -0.254. The number of nitrogens with zero attached hydrogens (tertiary/aromatic N) is 3. The lowest BCUT2D eigenvalue weighted by Crippen LogP contribution is -2.56. The molecule has 0 spiro atoms. The minimum Gasteiger partial charge on any atom is -0.459 e. The maximum atomic E-state index is 11.8. The topological polar surface area (TPSA) is 147 Å². The summed E-state index contributed by atoms with van der Waals surface area (Å²) < 4.78 is 11.7. The zero-order chi connectivity index (χ0) is 20.5. The third-order valence-electron chi connectivity index (χ3n) is 4.80. The van der Waals surface area contributed by atoms with E-state index in [1.165, 1.54) is 30.1 Å². The van der Waals surface area contributed by atoms with Crippen molar-refractivity contribution in [3.05, 3.63) is 11.9 Å². The first-order chi connectivity index (χ1) is 13.5. The fraction of sp³-hybridized carbons (Fsp3) is 0.833. The van der Waals surface area contributed by atoms with Crippen LogP contribution < -0.4 is 0 Å². The molecule has 0 saturated carbocycles. The van der Waals surface area contributed by atoms with Crippen LogP contribution in [-0.4, -0.2) is 72.4 Å². The van der Waals surface area contributed by atoms with Crippen molar-refractivity contribution in [3.8, 4) is 0 Å². The maximum absolute atomic E-state index is 11.8. The number of aliphatic hydroxyl groups is 4. The van der Waals surface area contributed by atoms with Crippen LogP contribution >= 0.6 is 0 Å². The molecule has 1 fully saturated rings. The van der Waals surface area contributed by atoms with Crippen LogP contribution in [0.2, 0.25) is 0 Å². The van der Waals surface area contributed by atoms with E-state index in [-0.39, 0.29) is 12.6 Å². The number of hydrogen-bond donors (Lipinski definition) is 4. The van der Waals surface area contributed by atoms with Gasteiger partial charge in [-0.3, -0.25) is 4.79 Å². The number of aromatic nitrogens is 3. The first-order valence-corrected chi connectivity index (χ1v) is 9.84. The highest BCUT2D eigenvalue weighted by molar-refractivity contribution is 5.69. The molecule has 10 nitrogen and oxygen atoms in total. The molecule has 1 aliphatic rings. The van der Waals surface area contributed by atoms with Gasteiger partial charge in [-0.15, -0.1) is 5.10 Å². The molecule has 0 amide bonds. The monoisotopic (exact) mass is 401 g/mol. The lowest BCUT2D eigenvalue weighted by atomic mass is 9.98. The second-order valence-electron chi connectivity index (χ2n) is 7.09. The summed E-state index contributed by atoms with van der Waals surface area (Å²) in [6.45, 7) is 1.57. The highest BCUT2D eigenvalue weighted by Crippen LogP contribution is 2.27. The third kappa shape index (κ3) is 6.21. The van der Waals surface area contributed by atoms with E-state index >= 15 is 0 Å². The minimum atomic E-state index is -1.50. The average molecular weight is 401 g/mol. The van der Waals surface area contributed by atoms with Crippen molar-refractivity contribution in [2.24, 2.45) is 0 Å². The first-order valence-electron chi connectivity index (χ1n) is 9.84. The van der Waals surface area contributed by atoms with E-state index in [9.17, 15) is 25.2 Å². The van der Waals surface area contributed by atoms with Gasteiger partial charge in [-0.2, -0.15) is 0 Å². The Balaban J connectivity index is 1.78. The van der Waals surface area contributed by atoms with E-state index < -0.39 is 37.3 Å².